The van der Waals surface area contributed by atoms with E-state index >= 15 is 0 Å². The number of hydrogen-bond donors (Lipinski definition) is 1. The minimum Gasteiger partial charge on any atom is -0.493 e. The first-order valence-corrected chi connectivity index (χ1v) is 9.50. The molecule has 0 bridgehead atoms. The first kappa shape index (κ1) is 20.5. The normalized spacial score (nSPS) is 10.3. The van der Waals surface area contributed by atoms with Gasteiger partial charge in [0.25, 0.3) is 0 Å². The molecule has 2 aromatic carbocycles. The number of hydrogen-bond acceptors (Lipinski definition) is 6. The van der Waals surface area contributed by atoms with Gasteiger partial charge in [0.15, 0.2) is 11.5 Å². The zero-order valence-electron chi connectivity index (χ0n) is 16.5. The van der Waals surface area contributed by atoms with E-state index in [-0.39, 0.29) is 5.82 Å². The molecule has 0 unspecified atom stereocenters. The number of halogens is 1. The monoisotopic (exact) mass is 453 g/mol. The number of nitrogens with zero attached hydrogens (tertiary/aromatic N) is 2. The molecule has 7 heteroatoms. The lowest BCUT2D eigenvalue weighted by Crippen LogP contribution is -2.04. The second-order valence-electron chi connectivity index (χ2n) is 6.25. The summed E-state index contributed by atoms with van der Waals surface area (Å²) in [5.41, 5.74) is 10.3. The maximum Gasteiger partial charge on any atom is 0.203 e. The van der Waals surface area contributed by atoms with E-state index in [9.17, 15) is 5.26 Å². The van der Waals surface area contributed by atoms with Crippen molar-refractivity contribution < 1.29 is 14.2 Å². The van der Waals surface area contributed by atoms with E-state index in [1.54, 1.807) is 33.5 Å². The van der Waals surface area contributed by atoms with Gasteiger partial charge in [-0.15, -0.1) is 0 Å². The quantitative estimate of drug-likeness (QED) is 0.586. The van der Waals surface area contributed by atoms with Gasteiger partial charge in [0.2, 0.25) is 5.75 Å². The van der Waals surface area contributed by atoms with Crippen molar-refractivity contribution in [3.63, 3.8) is 0 Å². The number of aromatic nitrogens is 1. The van der Waals surface area contributed by atoms with E-state index < -0.39 is 0 Å². The summed E-state index contributed by atoms with van der Waals surface area (Å²) in [6.45, 7) is 1.92. The molecule has 1 aromatic heterocycles. The van der Waals surface area contributed by atoms with Crippen LogP contribution in [0.3, 0.4) is 0 Å². The van der Waals surface area contributed by atoms with Gasteiger partial charge in [0.1, 0.15) is 17.5 Å². The van der Waals surface area contributed by atoms with Crippen molar-refractivity contribution in [1.82, 2.24) is 4.98 Å². The molecule has 0 aliphatic carbocycles. The zero-order chi connectivity index (χ0) is 21.1. The van der Waals surface area contributed by atoms with Crippen LogP contribution in [0, 0.1) is 18.3 Å². The maximum atomic E-state index is 9.77. The van der Waals surface area contributed by atoms with Gasteiger partial charge in [-0.1, -0.05) is 28.1 Å². The molecule has 148 valence electrons. The standard InChI is InChI=1S/C22H20BrN3O3/c1-12-19(14-9-17(27-2)21(29-4)18(10-14)28-3)16(11-24)22(25)26-20(12)13-5-7-15(23)8-6-13/h5-10H,1-4H3,(H2,25,26). The third-order valence-electron chi connectivity index (χ3n) is 4.65. The van der Waals surface area contributed by atoms with Crippen LogP contribution in [0.4, 0.5) is 5.82 Å². The molecule has 0 aliphatic heterocycles. The Bertz CT molecular complexity index is 1080. The Morgan fingerprint density at radius 3 is 2.03 bits per heavy atom. The fourth-order valence-corrected chi connectivity index (χ4v) is 3.55. The van der Waals surface area contributed by atoms with Crippen LogP contribution in [0.15, 0.2) is 40.9 Å². The van der Waals surface area contributed by atoms with E-state index in [1.165, 1.54) is 0 Å². The molecule has 2 N–H and O–H groups in total. The number of nitrogen functional groups attached to an aromatic ring is 1. The molecule has 1 heterocycles. The summed E-state index contributed by atoms with van der Waals surface area (Å²) in [5.74, 6) is 1.63. The summed E-state index contributed by atoms with van der Waals surface area (Å²) in [6, 6.07) is 13.6. The van der Waals surface area contributed by atoms with Crippen molar-refractivity contribution in [3.05, 3.63) is 52.0 Å². The van der Waals surface area contributed by atoms with Crippen LogP contribution in [0.2, 0.25) is 0 Å². The second-order valence-corrected chi connectivity index (χ2v) is 7.17. The van der Waals surface area contributed by atoms with Crippen molar-refractivity contribution in [2.45, 2.75) is 6.92 Å². The van der Waals surface area contributed by atoms with Crippen molar-refractivity contribution >= 4 is 21.7 Å². The van der Waals surface area contributed by atoms with Gasteiger partial charge in [0, 0.05) is 15.6 Å². The Morgan fingerprint density at radius 2 is 1.55 bits per heavy atom. The molecule has 0 atom stereocenters. The Labute approximate surface area is 178 Å². The first-order chi connectivity index (χ1) is 13.9. The Kier molecular flexibility index (Phi) is 5.95. The van der Waals surface area contributed by atoms with E-state index in [0.29, 0.717) is 34.1 Å². The highest BCUT2D eigenvalue weighted by molar-refractivity contribution is 9.10. The van der Waals surface area contributed by atoms with E-state index in [4.69, 9.17) is 19.9 Å². The van der Waals surface area contributed by atoms with Crippen LogP contribution in [0.25, 0.3) is 22.4 Å². The van der Waals surface area contributed by atoms with Crippen LogP contribution in [0.1, 0.15) is 11.1 Å². The predicted octanol–water partition coefficient (Wildman–Crippen LogP) is 4.97. The lowest BCUT2D eigenvalue weighted by molar-refractivity contribution is 0.324. The van der Waals surface area contributed by atoms with Crippen molar-refractivity contribution in [1.29, 1.82) is 5.26 Å². The molecule has 0 radical (unpaired) electrons. The summed E-state index contributed by atoms with van der Waals surface area (Å²) in [6.07, 6.45) is 0. The molecule has 3 aromatic rings. The van der Waals surface area contributed by atoms with Crippen molar-refractivity contribution in [3.8, 4) is 45.7 Å². The fourth-order valence-electron chi connectivity index (χ4n) is 3.28. The van der Waals surface area contributed by atoms with Gasteiger partial charge in [0.05, 0.1) is 27.0 Å². The minimum atomic E-state index is 0.166. The van der Waals surface area contributed by atoms with Gasteiger partial charge in [-0.25, -0.2) is 4.98 Å². The SMILES string of the molecule is COc1cc(-c2c(C)c(-c3ccc(Br)cc3)nc(N)c2C#N)cc(OC)c1OC. The molecule has 29 heavy (non-hydrogen) atoms. The Morgan fingerprint density at radius 1 is 0.966 bits per heavy atom. The van der Waals surface area contributed by atoms with E-state index in [1.807, 2.05) is 31.2 Å². The lowest BCUT2D eigenvalue weighted by atomic mass is 9.92. The van der Waals surface area contributed by atoms with Gasteiger partial charge >= 0.3 is 0 Å². The molecule has 6 nitrogen and oxygen atoms in total. The Hall–Kier alpha value is -3.24. The number of benzene rings is 2. The van der Waals surface area contributed by atoms with Crippen LogP contribution in [-0.4, -0.2) is 26.3 Å². The molecule has 0 amide bonds. The lowest BCUT2D eigenvalue weighted by Gasteiger charge is -2.18. The summed E-state index contributed by atoms with van der Waals surface area (Å²) in [5, 5.41) is 9.77. The van der Waals surface area contributed by atoms with Crippen molar-refractivity contribution in [2.75, 3.05) is 27.1 Å². The summed E-state index contributed by atoms with van der Waals surface area (Å²) >= 11 is 3.44. The number of nitrogens with two attached hydrogens (primary N) is 1. The second kappa shape index (κ2) is 8.41. The van der Waals surface area contributed by atoms with Gasteiger partial charge in [-0.3, -0.25) is 0 Å². The third kappa shape index (κ3) is 3.71. The average Bonchev–Trinajstić information content (AvgIpc) is 2.74. The summed E-state index contributed by atoms with van der Waals surface area (Å²) < 4.78 is 17.3. The largest absolute Gasteiger partial charge is 0.493 e. The molecular weight excluding hydrogens is 434 g/mol. The molecule has 0 aliphatic rings. The van der Waals surface area contributed by atoms with E-state index in [0.717, 1.165) is 21.2 Å². The number of pyridine rings is 1. The molecule has 0 spiro atoms. The summed E-state index contributed by atoms with van der Waals surface area (Å²) in [7, 11) is 4.64. The fraction of sp³-hybridized carbons (Fsp3) is 0.182. The molecule has 0 saturated carbocycles. The van der Waals surface area contributed by atoms with Gasteiger partial charge < -0.3 is 19.9 Å². The highest BCUT2D eigenvalue weighted by Crippen LogP contribution is 2.44. The van der Waals surface area contributed by atoms with Crippen LogP contribution >= 0.6 is 15.9 Å². The van der Waals surface area contributed by atoms with Crippen LogP contribution in [0.5, 0.6) is 17.2 Å². The highest BCUT2D eigenvalue weighted by Gasteiger charge is 2.22. The first-order valence-electron chi connectivity index (χ1n) is 8.71. The van der Waals surface area contributed by atoms with Crippen molar-refractivity contribution in [2.24, 2.45) is 0 Å². The maximum absolute atomic E-state index is 9.77. The minimum absolute atomic E-state index is 0.166. The number of rotatable bonds is 5. The molecule has 0 saturated heterocycles. The molecular formula is C22H20BrN3O3. The van der Waals surface area contributed by atoms with E-state index in [2.05, 4.69) is 27.0 Å². The van der Waals surface area contributed by atoms with Crippen LogP contribution < -0.4 is 19.9 Å². The molecule has 3 rings (SSSR count). The smallest absolute Gasteiger partial charge is 0.203 e. The Balaban J connectivity index is 2.35. The predicted molar refractivity (Wildman–Crippen MR) is 116 cm³/mol. The molecule has 0 fully saturated rings. The average molecular weight is 454 g/mol. The van der Waals surface area contributed by atoms with Gasteiger partial charge in [-0.2, -0.15) is 5.26 Å². The van der Waals surface area contributed by atoms with Gasteiger partial charge in [-0.05, 0) is 42.3 Å². The van der Waals surface area contributed by atoms with Crippen LogP contribution in [-0.2, 0) is 0 Å². The number of nitriles is 1. The highest BCUT2D eigenvalue weighted by atomic mass is 79.9. The zero-order valence-corrected chi connectivity index (χ0v) is 18.1. The third-order valence-corrected chi connectivity index (χ3v) is 5.18. The topological polar surface area (TPSA) is 90.4 Å². The summed E-state index contributed by atoms with van der Waals surface area (Å²) in [4.78, 5) is 4.50. The number of ether oxygens (including phenoxy) is 3. The number of anilines is 1. The number of methoxy groups -OCH3 is 3.